The predicted octanol–water partition coefficient (Wildman–Crippen LogP) is 11.0. The summed E-state index contributed by atoms with van der Waals surface area (Å²) in [6, 6.07) is -0.826. The van der Waals surface area contributed by atoms with Crippen LogP contribution in [0.2, 0.25) is 0 Å². The molecule has 1 amide bonds. The van der Waals surface area contributed by atoms with Gasteiger partial charge < -0.3 is 20.6 Å². The van der Waals surface area contributed by atoms with Crippen molar-refractivity contribution in [2.75, 3.05) is 6.61 Å². The van der Waals surface area contributed by atoms with Crippen LogP contribution in [0, 0.1) is 0 Å². The van der Waals surface area contributed by atoms with E-state index in [1.54, 1.807) is 0 Å². The monoisotopic (exact) mass is 650 g/mol. The van der Waals surface area contributed by atoms with E-state index in [1.165, 1.54) is 128 Å². The lowest BCUT2D eigenvalue weighted by Gasteiger charge is -2.26. The van der Waals surface area contributed by atoms with Crippen molar-refractivity contribution in [2.45, 2.75) is 225 Å². The maximum Gasteiger partial charge on any atom is 0.220 e. The van der Waals surface area contributed by atoms with E-state index in [0.717, 1.165) is 51.4 Å². The van der Waals surface area contributed by atoms with E-state index in [9.17, 15) is 20.1 Å². The van der Waals surface area contributed by atoms with Gasteiger partial charge in [0.15, 0.2) is 0 Å². The van der Waals surface area contributed by atoms with Crippen molar-refractivity contribution in [3.63, 3.8) is 0 Å². The van der Waals surface area contributed by atoms with Crippen LogP contribution in [-0.4, -0.2) is 46.1 Å². The maximum absolute atomic E-state index is 12.4. The van der Waals surface area contributed by atoms with Crippen LogP contribution in [0.4, 0.5) is 0 Å². The van der Waals surface area contributed by atoms with E-state index in [4.69, 9.17) is 0 Å². The smallest absolute Gasteiger partial charge is 0.220 e. The Morgan fingerprint density at radius 1 is 0.543 bits per heavy atom. The zero-order chi connectivity index (χ0) is 33.8. The molecule has 0 bridgehead atoms. The molecule has 0 rings (SSSR count). The number of hydrogen-bond acceptors (Lipinski definition) is 4. The highest BCUT2D eigenvalue weighted by molar-refractivity contribution is 5.76. The van der Waals surface area contributed by atoms with Crippen molar-refractivity contribution in [2.24, 2.45) is 0 Å². The predicted molar refractivity (Wildman–Crippen MR) is 199 cm³/mol. The summed E-state index contributed by atoms with van der Waals surface area (Å²) in [5, 5.41) is 33.2. The Morgan fingerprint density at radius 3 is 1.35 bits per heavy atom. The molecule has 0 aromatic rings. The maximum atomic E-state index is 12.4. The minimum absolute atomic E-state index is 0.158. The standard InChI is InChI=1S/C41H79NO4/c1-3-5-7-9-11-13-14-15-16-17-18-19-20-21-22-23-24-25-26-28-30-32-34-36-40(45)42-38(37-43)41(46)39(44)35-33-31-29-27-12-10-8-6-4-2/h6,8,27,29,38-39,41,43-44,46H,3-5,7,9-26,28,30-37H2,1-2H3,(H,42,45)/b8-6+,29-27+. The topological polar surface area (TPSA) is 89.8 Å². The van der Waals surface area contributed by atoms with Gasteiger partial charge in [-0.15, -0.1) is 0 Å². The van der Waals surface area contributed by atoms with Crippen LogP contribution in [0.15, 0.2) is 24.3 Å². The Bertz CT molecular complexity index is 679. The van der Waals surface area contributed by atoms with Crippen LogP contribution in [0.1, 0.15) is 206 Å². The minimum Gasteiger partial charge on any atom is -0.394 e. The fraction of sp³-hybridized carbons (Fsp3) is 0.878. The van der Waals surface area contributed by atoms with E-state index in [0.29, 0.717) is 12.8 Å². The molecule has 46 heavy (non-hydrogen) atoms. The summed E-state index contributed by atoms with van der Waals surface area (Å²) in [4.78, 5) is 12.4. The van der Waals surface area contributed by atoms with Gasteiger partial charge in [-0.2, -0.15) is 0 Å². The van der Waals surface area contributed by atoms with Gasteiger partial charge in [-0.3, -0.25) is 4.79 Å². The first-order valence-corrected chi connectivity index (χ1v) is 20.1. The molecule has 4 N–H and O–H groups in total. The molecular formula is C41H79NO4. The highest BCUT2D eigenvalue weighted by atomic mass is 16.3. The largest absolute Gasteiger partial charge is 0.394 e. The molecule has 0 aliphatic rings. The first kappa shape index (κ1) is 44.8. The molecule has 0 aliphatic heterocycles. The molecule has 0 heterocycles. The van der Waals surface area contributed by atoms with Gasteiger partial charge in [0.1, 0.15) is 6.10 Å². The molecule has 3 unspecified atom stereocenters. The number of nitrogens with one attached hydrogen (secondary N) is 1. The van der Waals surface area contributed by atoms with Gasteiger partial charge in [0.25, 0.3) is 0 Å². The number of carbonyl (C=O) groups excluding carboxylic acids is 1. The highest BCUT2D eigenvalue weighted by Crippen LogP contribution is 2.16. The number of unbranched alkanes of at least 4 members (excludes halogenated alkanes) is 24. The molecule has 5 heteroatoms. The Balaban J connectivity index is 3.56. The van der Waals surface area contributed by atoms with Gasteiger partial charge in [-0.25, -0.2) is 0 Å². The third-order valence-corrected chi connectivity index (χ3v) is 9.30. The summed E-state index contributed by atoms with van der Waals surface area (Å²) in [6.45, 7) is 4.04. The third kappa shape index (κ3) is 31.4. The second kappa shape index (κ2) is 36.7. The van der Waals surface area contributed by atoms with Gasteiger partial charge in [0.2, 0.25) is 5.91 Å². The lowest BCUT2D eigenvalue weighted by Crippen LogP contribution is -2.50. The second-order valence-corrected chi connectivity index (χ2v) is 13.8. The second-order valence-electron chi connectivity index (χ2n) is 13.8. The molecule has 5 nitrogen and oxygen atoms in total. The zero-order valence-corrected chi connectivity index (χ0v) is 30.7. The van der Waals surface area contributed by atoms with Crippen LogP contribution in [0.25, 0.3) is 0 Å². The summed E-state index contributed by atoms with van der Waals surface area (Å²) in [6.07, 6.45) is 43.0. The fourth-order valence-corrected chi connectivity index (χ4v) is 6.19. The first-order valence-electron chi connectivity index (χ1n) is 20.1. The SMILES string of the molecule is CC/C=C/CC/C=C/CCCC(O)C(O)C(CO)NC(=O)CCCCCCCCCCCCCCCCCCCCCCCCC. The molecule has 0 radical (unpaired) electrons. The van der Waals surface area contributed by atoms with Crippen molar-refractivity contribution in [1.29, 1.82) is 0 Å². The lowest BCUT2D eigenvalue weighted by molar-refractivity contribution is -0.124. The summed E-state index contributed by atoms with van der Waals surface area (Å²) in [5.74, 6) is -0.158. The lowest BCUT2D eigenvalue weighted by atomic mass is 10.0. The third-order valence-electron chi connectivity index (χ3n) is 9.30. The quantitative estimate of drug-likeness (QED) is 0.0401. The van der Waals surface area contributed by atoms with Crippen LogP contribution in [0.5, 0.6) is 0 Å². The van der Waals surface area contributed by atoms with Gasteiger partial charge in [-0.05, 0) is 44.9 Å². The summed E-state index contributed by atoms with van der Waals surface area (Å²) >= 11 is 0. The van der Waals surface area contributed by atoms with E-state index in [1.807, 2.05) is 0 Å². The highest BCUT2D eigenvalue weighted by Gasteiger charge is 2.26. The van der Waals surface area contributed by atoms with Crippen molar-refractivity contribution in [3.8, 4) is 0 Å². The molecule has 272 valence electrons. The first-order chi connectivity index (χ1) is 22.6. The van der Waals surface area contributed by atoms with Crippen LogP contribution < -0.4 is 5.32 Å². The Hall–Kier alpha value is -1.17. The number of carbonyl (C=O) groups is 1. The molecule has 3 atom stereocenters. The number of aliphatic hydroxyl groups excluding tert-OH is 3. The average Bonchev–Trinajstić information content (AvgIpc) is 3.06. The minimum atomic E-state index is -1.16. The molecule has 0 aromatic heterocycles. The Kier molecular flexibility index (Phi) is 35.7. The molecule has 0 aliphatic carbocycles. The summed E-state index contributed by atoms with van der Waals surface area (Å²) < 4.78 is 0. The molecule has 0 fully saturated rings. The van der Waals surface area contributed by atoms with Crippen molar-refractivity contribution in [1.82, 2.24) is 5.32 Å². The van der Waals surface area contributed by atoms with Crippen molar-refractivity contribution in [3.05, 3.63) is 24.3 Å². The molecule has 0 saturated heterocycles. The van der Waals surface area contributed by atoms with Crippen LogP contribution in [-0.2, 0) is 4.79 Å². The molecule has 0 aromatic carbocycles. The number of allylic oxidation sites excluding steroid dienone is 4. The number of hydrogen-bond donors (Lipinski definition) is 4. The van der Waals surface area contributed by atoms with Crippen LogP contribution >= 0.6 is 0 Å². The molecular weight excluding hydrogens is 570 g/mol. The van der Waals surface area contributed by atoms with E-state index >= 15 is 0 Å². The van der Waals surface area contributed by atoms with E-state index in [2.05, 4.69) is 43.5 Å². The van der Waals surface area contributed by atoms with Crippen LogP contribution in [0.3, 0.4) is 0 Å². The van der Waals surface area contributed by atoms with Gasteiger partial charge >= 0.3 is 0 Å². The van der Waals surface area contributed by atoms with Gasteiger partial charge in [0, 0.05) is 6.42 Å². The summed E-state index contributed by atoms with van der Waals surface area (Å²) in [7, 11) is 0. The number of amides is 1. The number of rotatable bonds is 36. The molecule has 0 spiro atoms. The van der Waals surface area contributed by atoms with Crippen molar-refractivity contribution < 1.29 is 20.1 Å². The Labute approximate surface area is 286 Å². The molecule has 0 saturated carbocycles. The Morgan fingerprint density at radius 2 is 0.935 bits per heavy atom. The zero-order valence-electron chi connectivity index (χ0n) is 30.7. The number of aliphatic hydroxyl groups is 3. The van der Waals surface area contributed by atoms with E-state index in [-0.39, 0.29) is 12.5 Å². The van der Waals surface area contributed by atoms with E-state index < -0.39 is 18.2 Å². The summed E-state index contributed by atoms with van der Waals surface area (Å²) in [5.41, 5.74) is 0. The van der Waals surface area contributed by atoms with Gasteiger partial charge in [0.05, 0.1) is 18.8 Å². The van der Waals surface area contributed by atoms with Crippen molar-refractivity contribution >= 4 is 5.91 Å². The average molecular weight is 650 g/mol. The fourth-order valence-electron chi connectivity index (χ4n) is 6.19. The normalized spacial score (nSPS) is 13.9. The van der Waals surface area contributed by atoms with Gasteiger partial charge in [-0.1, -0.05) is 179 Å².